The number of amides is 1. The molecular weight excluding hydrogens is 339 g/mol. The van der Waals surface area contributed by atoms with Gasteiger partial charge in [0.05, 0.1) is 16.6 Å². The van der Waals surface area contributed by atoms with Gasteiger partial charge in [-0.2, -0.15) is 0 Å². The second kappa shape index (κ2) is 5.44. The van der Waals surface area contributed by atoms with Crippen molar-refractivity contribution in [2.75, 3.05) is 0 Å². The van der Waals surface area contributed by atoms with Crippen molar-refractivity contribution in [1.29, 1.82) is 0 Å². The van der Waals surface area contributed by atoms with Crippen LogP contribution < -0.4 is 11.1 Å². The molecule has 0 aliphatic heterocycles. The van der Waals surface area contributed by atoms with Gasteiger partial charge >= 0.3 is 0 Å². The first-order valence-electron chi connectivity index (χ1n) is 4.50. The van der Waals surface area contributed by atoms with Crippen LogP contribution in [0, 0.1) is 3.57 Å². The molecule has 1 rings (SSSR count). The fourth-order valence-electron chi connectivity index (χ4n) is 1.04. The van der Waals surface area contributed by atoms with E-state index >= 15 is 0 Å². The average Bonchev–Trinajstić information content (AvgIpc) is 2.21. The minimum Gasteiger partial charge on any atom is -0.507 e. The van der Waals surface area contributed by atoms with Crippen LogP contribution in [0.3, 0.4) is 0 Å². The molecule has 0 aliphatic rings. The first-order valence-corrected chi connectivity index (χ1v) is 5.99. The minimum absolute atomic E-state index is 0.0620. The Morgan fingerprint density at radius 2 is 2.25 bits per heavy atom. The number of hydrogen-bond acceptors (Lipinski definition) is 3. The van der Waals surface area contributed by atoms with E-state index in [1.807, 2.05) is 0 Å². The van der Waals surface area contributed by atoms with E-state index in [9.17, 15) is 9.90 Å². The average molecular weight is 350 g/mol. The highest BCUT2D eigenvalue weighted by Gasteiger charge is 2.15. The van der Waals surface area contributed by atoms with E-state index in [1.54, 1.807) is 19.1 Å². The Morgan fingerprint density at radius 3 is 2.81 bits per heavy atom. The van der Waals surface area contributed by atoms with Gasteiger partial charge in [0.2, 0.25) is 0 Å². The number of aromatic hydroxyl groups is 1. The predicted molar refractivity (Wildman–Crippen MR) is 74.5 cm³/mol. The number of thiocarbonyl (C=S) groups is 1. The zero-order valence-electron chi connectivity index (χ0n) is 8.53. The summed E-state index contributed by atoms with van der Waals surface area (Å²) in [6, 6.07) is 4.38. The van der Waals surface area contributed by atoms with Crippen molar-refractivity contribution in [2.24, 2.45) is 5.73 Å². The number of nitrogens with two attached hydrogens (primary N) is 1. The number of halogens is 1. The number of carbonyl (C=O) groups is 1. The van der Waals surface area contributed by atoms with E-state index in [2.05, 4.69) is 27.9 Å². The molecule has 0 heterocycles. The first kappa shape index (κ1) is 13.2. The third-order valence-corrected chi connectivity index (χ3v) is 3.00. The summed E-state index contributed by atoms with van der Waals surface area (Å²) in [7, 11) is 0. The second-order valence-electron chi connectivity index (χ2n) is 3.26. The molecule has 86 valence electrons. The summed E-state index contributed by atoms with van der Waals surface area (Å²) in [6.45, 7) is 1.69. The summed E-state index contributed by atoms with van der Waals surface area (Å²) in [5.41, 5.74) is 5.60. The Bertz CT molecular complexity index is 437. The molecule has 0 spiro atoms. The molecule has 4 N–H and O–H groups in total. The number of phenols is 1. The van der Waals surface area contributed by atoms with Crippen LogP contribution in [0.2, 0.25) is 0 Å². The van der Waals surface area contributed by atoms with Crippen LogP contribution in [-0.4, -0.2) is 22.0 Å². The highest BCUT2D eigenvalue weighted by molar-refractivity contribution is 14.1. The van der Waals surface area contributed by atoms with Gasteiger partial charge in [0.1, 0.15) is 5.75 Å². The van der Waals surface area contributed by atoms with Crippen molar-refractivity contribution >= 4 is 45.7 Å². The van der Waals surface area contributed by atoms with Crippen LogP contribution in [0.4, 0.5) is 0 Å². The second-order valence-corrected chi connectivity index (χ2v) is 4.98. The fourth-order valence-corrected chi connectivity index (χ4v) is 1.59. The smallest absolute Gasteiger partial charge is 0.255 e. The lowest BCUT2D eigenvalue weighted by atomic mass is 10.2. The summed E-state index contributed by atoms with van der Waals surface area (Å²) in [5.74, 6) is -0.454. The molecule has 0 saturated heterocycles. The summed E-state index contributed by atoms with van der Waals surface area (Å²) in [5, 5.41) is 12.1. The van der Waals surface area contributed by atoms with Crippen LogP contribution in [-0.2, 0) is 0 Å². The Labute approximate surface area is 112 Å². The van der Waals surface area contributed by atoms with Crippen LogP contribution in [0.5, 0.6) is 5.75 Å². The van der Waals surface area contributed by atoms with Gasteiger partial charge in [-0.1, -0.05) is 12.2 Å². The Hall–Kier alpha value is -0.890. The molecule has 0 saturated carbocycles. The molecule has 1 atom stereocenters. The van der Waals surface area contributed by atoms with Crippen molar-refractivity contribution < 1.29 is 9.90 Å². The molecule has 0 aliphatic carbocycles. The Kier molecular flexibility index (Phi) is 4.48. The van der Waals surface area contributed by atoms with Crippen LogP contribution in [0.25, 0.3) is 0 Å². The summed E-state index contributed by atoms with van der Waals surface area (Å²) >= 11 is 6.81. The maximum atomic E-state index is 11.7. The van der Waals surface area contributed by atoms with Crippen LogP contribution in [0.1, 0.15) is 17.3 Å². The number of carbonyl (C=O) groups excluding carboxylic acids is 1. The van der Waals surface area contributed by atoms with Crippen LogP contribution >= 0.6 is 34.8 Å². The van der Waals surface area contributed by atoms with Gasteiger partial charge in [-0.25, -0.2) is 0 Å². The van der Waals surface area contributed by atoms with E-state index in [4.69, 9.17) is 18.0 Å². The third-order valence-electron chi connectivity index (χ3n) is 1.98. The fraction of sp³-hybridized carbons (Fsp3) is 0.200. The summed E-state index contributed by atoms with van der Waals surface area (Å²) < 4.78 is 0.864. The SMILES string of the molecule is CC(NC(=O)c1cc(I)ccc1O)C(N)=S. The number of rotatable bonds is 3. The highest BCUT2D eigenvalue weighted by Crippen LogP contribution is 2.19. The molecule has 1 aromatic carbocycles. The number of nitrogens with one attached hydrogen (secondary N) is 1. The maximum Gasteiger partial charge on any atom is 0.255 e. The van der Waals surface area contributed by atoms with Crippen molar-refractivity contribution in [1.82, 2.24) is 5.32 Å². The highest BCUT2D eigenvalue weighted by atomic mass is 127. The zero-order valence-corrected chi connectivity index (χ0v) is 11.5. The molecule has 0 fully saturated rings. The lowest BCUT2D eigenvalue weighted by molar-refractivity contribution is 0.0946. The number of benzene rings is 1. The van der Waals surface area contributed by atoms with Crippen molar-refractivity contribution in [2.45, 2.75) is 13.0 Å². The van der Waals surface area contributed by atoms with E-state index in [0.29, 0.717) is 0 Å². The van der Waals surface area contributed by atoms with Gasteiger partial charge in [-0.05, 0) is 47.7 Å². The number of hydrogen-bond donors (Lipinski definition) is 3. The van der Waals surface area contributed by atoms with Gasteiger partial charge in [0, 0.05) is 3.57 Å². The van der Waals surface area contributed by atoms with E-state index in [1.165, 1.54) is 6.07 Å². The summed E-state index contributed by atoms with van der Waals surface area (Å²) in [4.78, 5) is 11.9. The van der Waals surface area contributed by atoms with Gasteiger partial charge in [0.25, 0.3) is 5.91 Å². The van der Waals surface area contributed by atoms with E-state index < -0.39 is 11.9 Å². The monoisotopic (exact) mass is 350 g/mol. The topological polar surface area (TPSA) is 75.3 Å². The molecular formula is C10H11IN2O2S. The van der Waals surface area contributed by atoms with Gasteiger partial charge in [-0.3, -0.25) is 4.79 Å². The standard InChI is InChI=1S/C10H11IN2O2S/c1-5(9(12)16)13-10(15)7-4-6(11)2-3-8(7)14/h2-5,14H,1H3,(H2,12,16)(H,13,15). The lowest BCUT2D eigenvalue weighted by Gasteiger charge is -2.12. The maximum absolute atomic E-state index is 11.7. The Balaban J connectivity index is 2.88. The first-order chi connectivity index (χ1) is 7.41. The quantitative estimate of drug-likeness (QED) is 0.569. The Morgan fingerprint density at radius 1 is 1.62 bits per heavy atom. The zero-order chi connectivity index (χ0) is 12.3. The molecule has 6 heteroatoms. The molecule has 4 nitrogen and oxygen atoms in total. The van der Waals surface area contributed by atoms with Crippen molar-refractivity contribution in [3.63, 3.8) is 0 Å². The molecule has 16 heavy (non-hydrogen) atoms. The molecule has 1 aromatic rings. The molecule has 0 aromatic heterocycles. The minimum atomic E-state index is -0.403. The van der Waals surface area contributed by atoms with E-state index in [0.717, 1.165) is 3.57 Å². The molecule has 0 bridgehead atoms. The van der Waals surface area contributed by atoms with Crippen LogP contribution in [0.15, 0.2) is 18.2 Å². The predicted octanol–water partition coefficient (Wildman–Crippen LogP) is 1.40. The molecule has 1 amide bonds. The summed E-state index contributed by atoms with van der Waals surface area (Å²) in [6.07, 6.45) is 0. The van der Waals surface area contributed by atoms with Gasteiger partial charge in [-0.15, -0.1) is 0 Å². The number of phenolic OH excluding ortho intramolecular Hbond substituents is 1. The molecule has 1 unspecified atom stereocenters. The largest absolute Gasteiger partial charge is 0.507 e. The third kappa shape index (κ3) is 3.31. The van der Waals surface area contributed by atoms with Crippen molar-refractivity contribution in [3.8, 4) is 5.75 Å². The van der Waals surface area contributed by atoms with Crippen molar-refractivity contribution in [3.05, 3.63) is 27.3 Å². The lowest BCUT2D eigenvalue weighted by Crippen LogP contribution is -2.41. The van der Waals surface area contributed by atoms with E-state index in [-0.39, 0.29) is 16.3 Å². The van der Waals surface area contributed by atoms with Gasteiger partial charge in [0.15, 0.2) is 0 Å². The van der Waals surface area contributed by atoms with Gasteiger partial charge < -0.3 is 16.2 Å². The molecule has 0 radical (unpaired) electrons. The normalized spacial score (nSPS) is 11.9.